The molecule has 0 nitrogen and oxygen atoms in total. The summed E-state index contributed by atoms with van der Waals surface area (Å²) in [7, 11) is 0. The minimum Gasteiger partial charge on any atom is -0.174 e. The quantitative estimate of drug-likeness (QED) is 0.331. The van der Waals surface area contributed by atoms with Crippen LogP contribution in [0, 0.1) is 47.3 Å². The van der Waals surface area contributed by atoms with Gasteiger partial charge in [0.25, 0.3) is 6.08 Å². The van der Waals surface area contributed by atoms with Crippen LogP contribution < -0.4 is 0 Å². The third-order valence-electron chi connectivity index (χ3n) is 10.4. The molecule has 33 heavy (non-hydrogen) atoms. The van der Waals surface area contributed by atoms with E-state index < -0.39 is 6.08 Å². The lowest BCUT2D eigenvalue weighted by Gasteiger charge is -2.38. The standard InChI is InChI=1S/C31H50F2/c1-2-3-23-6-14-27(15-7-23)28-16-8-24(9-17-28)4-5-25-10-18-29(19-11-25)30-20-12-26(13-21-30)22-31(32)33/h4-5,22-30H,2-3,6-21H2,1H3/b5-4+. The van der Waals surface area contributed by atoms with Crippen LogP contribution in [0.1, 0.15) is 122 Å². The lowest BCUT2D eigenvalue weighted by atomic mass is 9.68. The van der Waals surface area contributed by atoms with Crippen LogP contribution in [-0.2, 0) is 0 Å². The topological polar surface area (TPSA) is 0 Å². The first-order valence-electron chi connectivity index (χ1n) is 14.8. The Bertz CT molecular complexity index is 601. The summed E-state index contributed by atoms with van der Waals surface area (Å²) in [6.07, 6.45) is 29.4. The van der Waals surface area contributed by atoms with Crippen molar-refractivity contribution in [3.8, 4) is 0 Å². The van der Waals surface area contributed by atoms with Crippen molar-refractivity contribution < 1.29 is 8.78 Å². The van der Waals surface area contributed by atoms with E-state index in [-0.39, 0.29) is 5.92 Å². The van der Waals surface area contributed by atoms with E-state index in [2.05, 4.69) is 19.1 Å². The molecule has 4 aliphatic rings. The Labute approximate surface area is 203 Å². The van der Waals surface area contributed by atoms with Crippen molar-refractivity contribution in [1.29, 1.82) is 0 Å². The fraction of sp³-hybridized carbons (Fsp3) is 0.871. The molecule has 0 spiro atoms. The van der Waals surface area contributed by atoms with Gasteiger partial charge < -0.3 is 0 Å². The zero-order valence-corrected chi connectivity index (χ0v) is 21.3. The molecule has 0 aromatic carbocycles. The number of halogens is 2. The minimum absolute atomic E-state index is 0.136. The maximum atomic E-state index is 12.5. The van der Waals surface area contributed by atoms with Gasteiger partial charge in [-0.3, -0.25) is 0 Å². The smallest absolute Gasteiger partial charge is 0.174 e. The second kappa shape index (κ2) is 12.9. The van der Waals surface area contributed by atoms with Gasteiger partial charge in [0.05, 0.1) is 0 Å². The first-order valence-corrected chi connectivity index (χ1v) is 14.8. The summed E-state index contributed by atoms with van der Waals surface area (Å²) < 4.78 is 25.0. The van der Waals surface area contributed by atoms with Gasteiger partial charge in [0.1, 0.15) is 0 Å². The largest absolute Gasteiger partial charge is 0.266 e. The summed E-state index contributed by atoms with van der Waals surface area (Å²) in [4.78, 5) is 0. The van der Waals surface area contributed by atoms with E-state index in [4.69, 9.17) is 0 Å². The number of rotatable bonds is 7. The molecule has 0 atom stereocenters. The molecule has 4 rings (SSSR count). The molecular weight excluding hydrogens is 410 g/mol. The average molecular weight is 461 g/mol. The average Bonchev–Trinajstić information content (AvgIpc) is 2.84. The van der Waals surface area contributed by atoms with Gasteiger partial charge in [0, 0.05) is 0 Å². The molecule has 0 N–H and O–H groups in total. The third-order valence-corrected chi connectivity index (χ3v) is 10.4. The van der Waals surface area contributed by atoms with Gasteiger partial charge in [0.2, 0.25) is 0 Å². The number of hydrogen-bond donors (Lipinski definition) is 0. The predicted molar refractivity (Wildman–Crippen MR) is 136 cm³/mol. The van der Waals surface area contributed by atoms with Gasteiger partial charge >= 0.3 is 0 Å². The van der Waals surface area contributed by atoms with Crippen molar-refractivity contribution >= 4 is 0 Å². The SMILES string of the molecule is CCCC1CCC(C2CCC(/C=C/C3CCC(C4CCC(C=C(F)F)CC4)CC3)CC2)CC1. The molecule has 0 aliphatic heterocycles. The van der Waals surface area contributed by atoms with Crippen LogP contribution in [0.15, 0.2) is 24.3 Å². The highest BCUT2D eigenvalue weighted by Gasteiger charge is 2.32. The number of hydrogen-bond acceptors (Lipinski definition) is 0. The Morgan fingerprint density at radius 1 is 0.545 bits per heavy atom. The molecule has 4 fully saturated rings. The van der Waals surface area contributed by atoms with Crippen molar-refractivity contribution in [3.05, 3.63) is 24.3 Å². The van der Waals surface area contributed by atoms with Crippen LogP contribution in [0.3, 0.4) is 0 Å². The Balaban J connectivity index is 1.11. The predicted octanol–water partition coefficient (Wildman–Crippen LogP) is 10.3. The Kier molecular flexibility index (Phi) is 9.92. The molecule has 0 aromatic heterocycles. The summed E-state index contributed by atoms with van der Waals surface area (Å²) >= 11 is 0. The molecular formula is C31H50F2. The first kappa shape index (κ1) is 25.4. The fourth-order valence-corrected chi connectivity index (χ4v) is 8.25. The summed E-state index contributed by atoms with van der Waals surface area (Å²) in [5.41, 5.74) is 0. The van der Waals surface area contributed by atoms with Crippen LogP contribution in [0.2, 0.25) is 0 Å². The molecule has 2 heteroatoms. The van der Waals surface area contributed by atoms with Gasteiger partial charge in [-0.2, -0.15) is 8.78 Å². The van der Waals surface area contributed by atoms with Crippen LogP contribution in [0.25, 0.3) is 0 Å². The molecule has 4 aliphatic carbocycles. The van der Waals surface area contributed by atoms with E-state index >= 15 is 0 Å². The van der Waals surface area contributed by atoms with E-state index in [0.29, 0.717) is 0 Å². The van der Waals surface area contributed by atoms with E-state index in [1.54, 1.807) is 0 Å². The van der Waals surface area contributed by atoms with Crippen LogP contribution in [-0.4, -0.2) is 0 Å². The zero-order valence-electron chi connectivity index (χ0n) is 21.3. The van der Waals surface area contributed by atoms with Crippen molar-refractivity contribution in [2.75, 3.05) is 0 Å². The second-order valence-corrected chi connectivity index (χ2v) is 12.4. The molecule has 0 saturated heterocycles. The number of allylic oxidation sites excluding steroid dienone is 3. The maximum Gasteiger partial charge on any atom is 0.266 e. The van der Waals surface area contributed by atoms with Crippen molar-refractivity contribution in [1.82, 2.24) is 0 Å². The van der Waals surface area contributed by atoms with Crippen molar-refractivity contribution in [2.24, 2.45) is 47.3 Å². The van der Waals surface area contributed by atoms with E-state index in [9.17, 15) is 8.78 Å². The molecule has 0 radical (unpaired) electrons. The van der Waals surface area contributed by atoms with Crippen LogP contribution >= 0.6 is 0 Å². The Morgan fingerprint density at radius 2 is 0.909 bits per heavy atom. The van der Waals surface area contributed by atoms with E-state index in [1.807, 2.05) is 0 Å². The lowest BCUT2D eigenvalue weighted by molar-refractivity contribution is 0.151. The molecule has 0 bridgehead atoms. The lowest BCUT2D eigenvalue weighted by Crippen LogP contribution is -2.26. The summed E-state index contributed by atoms with van der Waals surface area (Å²) in [6, 6.07) is 0. The maximum absolute atomic E-state index is 12.5. The normalized spacial score (nSPS) is 40.6. The molecule has 188 valence electrons. The van der Waals surface area contributed by atoms with Gasteiger partial charge in [-0.1, -0.05) is 44.8 Å². The van der Waals surface area contributed by atoms with E-state index in [1.165, 1.54) is 109 Å². The molecule has 0 aromatic rings. The van der Waals surface area contributed by atoms with Gasteiger partial charge in [-0.25, -0.2) is 0 Å². The van der Waals surface area contributed by atoms with Crippen LogP contribution in [0.4, 0.5) is 8.78 Å². The summed E-state index contributed by atoms with van der Waals surface area (Å²) in [5.74, 6) is 6.55. The highest BCUT2D eigenvalue weighted by atomic mass is 19.3. The molecule has 0 unspecified atom stereocenters. The van der Waals surface area contributed by atoms with Crippen molar-refractivity contribution in [3.63, 3.8) is 0 Å². The monoisotopic (exact) mass is 460 g/mol. The van der Waals surface area contributed by atoms with Gasteiger partial charge in [0.15, 0.2) is 0 Å². The first-order chi connectivity index (χ1) is 16.1. The highest BCUT2D eigenvalue weighted by Crippen LogP contribution is 2.44. The Morgan fingerprint density at radius 3 is 1.27 bits per heavy atom. The highest BCUT2D eigenvalue weighted by molar-refractivity contribution is 4.98. The minimum atomic E-state index is -1.48. The Hall–Kier alpha value is -0.660. The third kappa shape index (κ3) is 7.66. The second-order valence-electron chi connectivity index (χ2n) is 12.4. The molecule has 4 saturated carbocycles. The van der Waals surface area contributed by atoms with Crippen LogP contribution in [0.5, 0.6) is 0 Å². The molecule has 0 heterocycles. The summed E-state index contributed by atoms with van der Waals surface area (Å²) in [5, 5.41) is 0. The zero-order chi connectivity index (χ0) is 23.0. The van der Waals surface area contributed by atoms with Gasteiger partial charge in [-0.05, 0) is 143 Å². The summed E-state index contributed by atoms with van der Waals surface area (Å²) in [6.45, 7) is 2.34. The van der Waals surface area contributed by atoms with Crippen molar-refractivity contribution in [2.45, 2.75) is 122 Å². The molecule has 0 amide bonds. The van der Waals surface area contributed by atoms with Gasteiger partial charge in [-0.15, -0.1) is 0 Å². The fourth-order valence-electron chi connectivity index (χ4n) is 8.25. The van der Waals surface area contributed by atoms with E-state index in [0.717, 1.165) is 54.3 Å².